The fourth-order valence-corrected chi connectivity index (χ4v) is 5.46. The molecular formula is C22H19BrOS. The van der Waals surface area contributed by atoms with Crippen molar-refractivity contribution in [2.45, 2.75) is 27.2 Å². The Morgan fingerprint density at radius 1 is 1.04 bits per heavy atom. The molecule has 0 aliphatic carbocycles. The van der Waals surface area contributed by atoms with Gasteiger partial charge in [-0.15, -0.1) is 11.3 Å². The summed E-state index contributed by atoms with van der Waals surface area (Å²) in [6, 6.07) is 14.6. The quantitative estimate of drug-likeness (QED) is 0.365. The molecule has 0 radical (unpaired) electrons. The molecule has 0 aliphatic heterocycles. The molecule has 126 valence electrons. The van der Waals surface area contributed by atoms with E-state index in [1.165, 1.54) is 46.9 Å². The molecule has 1 nitrogen and oxygen atoms in total. The van der Waals surface area contributed by atoms with Crippen molar-refractivity contribution in [1.29, 1.82) is 0 Å². The van der Waals surface area contributed by atoms with Crippen LogP contribution in [0, 0.1) is 13.8 Å². The molecule has 0 atom stereocenters. The highest BCUT2D eigenvalue weighted by molar-refractivity contribution is 9.11. The Bertz CT molecular complexity index is 1120. The van der Waals surface area contributed by atoms with Crippen molar-refractivity contribution in [3.8, 4) is 16.9 Å². The highest BCUT2D eigenvalue weighted by Gasteiger charge is 2.19. The van der Waals surface area contributed by atoms with Crippen molar-refractivity contribution in [1.82, 2.24) is 0 Å². The van der Waals surface area contributed by atoms with Crippen LogP contribution in [-0.2, 0) is 6.42 Å². The third-order valence-electron chi connectivity index (χ3n) is 5.02. The number of rotatable bonds is 2. The van der Waals surface area contributed by atoms with Gasteiger partial charge in [0.25, 0.3) is 0 Å². The van der Waals surface area contributed by atoms with E-state index in [1.54, 1.807) is 0 Å². The maximum Gasteiger partial charge on any atom is 0.118 e. The van der Waals surface area contributed by atoms with Crippen LogP contribution in [0.15, 0.2) is 46.9 Å². The van der Waals surface area contributed by atoms with Crippen LogP contribution < -0.4 is 0 Å². The van der Waals surface area contributed by atoms with Gasteiger partial charge in [-0.2, -0.15) is 0 Å². The molecule has 4 rings (SSSR count). The Labute approximate surface area is 160 Å². The summed E-state index contributed by atoms with van der Waals surface area (Å²) in [4.78, 5) is 1.35. The van der Waals surface area contributed by atoms with E-state index in [1.807, 2.05) is 23.5 Å². The number of halogens is 1. The molecule has 0 saturated heterocycles. The molecule has 0 fully saturated rings. The Balaban J connectivity index is 2.23. The molecule has 0 amide bonds. The predicted molar refractivity (Wildman–Crippen MR) is 113 cm³/mol. The summed E-state index contributed by atoms with van der Waals surface area (Å²) < 4.78 is 2.48. The molecule has 0 spiro atoms. The largest absolute Gasteiger partial charge is 0.508 e. The number of fused-ring (bicyclic) bond motifs is 2. The number of hydrogen-bond donors (Lipinski definition) is 1. The minimum Gasteiger partial charge on any atom is -0.508 e. The first kappa shape index (κ1) is 16.6. The number of benzene rings is 3. The maximum atomic E-state index is 10.1. The monoisotopic (exact) mass is 410 g/mol. The van der Waals surface area contributed by atoms with Crippen molar-refractivity contribution < 1.29 is 5.11 Å². The van der Waals surface area contributed by atoms with Gasteiger partial charge in [0.2, 0.25) is 0 Å². The van der Waals surface area contributed by atoms with Gasteiger partial charge in [-0.25, -0.2) is 0 Å². The summed E-state index contributed by atoms with van der Waals surface area (Å²) in [7, 11) is 0. The molecule has 0 unspecified atom stereocenters. The van der Waals surface area contributed by atoms with Crippen LogP contribution in [0.5, 0.6) is 5.75 Å². The van der Waals surface area contributed by atoms with Crippen LogP contribution >= 0.6 is 27.3 Å². The van der Waals surface area contributed by atoms with Crippen LogP contribution in [0.2, 0.25) is 0 Å². The molecule has 0 aliphatic rings. The van der Waals surface area contributed by atoms with E-state index in [2.05, 4.69) is 67.0 Å². The summed E-state index contributed by atoms with van der Waals surface area (Å²) >= 11 is 5.69. The molecule has 0 bridgehead atoms. The first-order valence-corrected chi connectivity index (χ1v) is 10.1. The molecule has 0 saturated carbocycles. The van der Waals surface area contributed by atoms with E-state index >= 15 is 0 Å². The summed E-state index contributed by atoms with van der Waals surface area (Å²) in [5.41, 5.74) is 4.77. The fourth-order valence-electron chi connectivity index (χ4n) is 3.56. The zero-order valence-corrected chi connectivity index (χ0v) is 16.9. The second kappa shape index (κ2) is 6.15. The average Bonchev–Trinajstić information content (AvgIpc) is 2.92. The minimum atomic E-state index is 0.377. The first-order chi connectivity index (χ1) is 12.0. The lowest BCUT2D eigenvalue weighted by atomic mass is 9.91. The lowest BCUT2D eigenvalue weighted by Crippen LogP contribution is -1.89. The third-order valence-corrected chi connectivity index (χ3v) is 7.33. The van der Waals surface area contributed by atoms with Gasteiger partial charge in [0.05, 0.1) is 4.70 Å². The molecule has 4 aromatic rings. The number of hydrogen-bond acceptors (Lipinski definition) is 2. The van der Waals surface area contributed by atoms with Crippen molar-refractivity contribution >= 4 is 48.1 Å². The second-order valence-corrected chi connectivity index (χ2v) is 8.44. The van der Waals surface area contributed by atoms with E-state index in [0.29, 0.717) is 5.75 Å². The van der Waals surface area contributed by atoms with Gasteiger partial charge < -0.3 is 5.11 Å². The van der Waals surface area contributed by atoms with E-state index in [9.17, 15) is 5.11 Å². The van der Waals surface area contributed by atoms with Crippen molar-refractivity contribution in [2.75, 3.05) is 0 Å². The fraction of sp³-hybridized carbons (Fsp3) is 0.182. The molecule has 25 heavy (non-hydrogen) atoms. The van der Waals surface area contributed by atoms with Gasteiger partial charge in [0.15, 0.2) is 0 Å². The van der Waals surface area contributed by atoms with Crippen molar-refractivity contribution in [3.05, 3.63) is 62.9 Å². The summed E-state index contributed by atoms with van der Waals surface area (Å²) in [5, 5.41) is 13.9. The molecular weight excluding hydrogens is 392 g/mol. The Kier molecular flexibility index (Phi) is 4.09. The van der Waals surface area contributed by atoms with Crippen LogP contribution in [-0.4, -0.2) is 5.11 Å². The molecule has 3 aromatic carbocycles. The van der Waals surface area contributed by atoms with Gasteiger partial charge in [0.1, 0.15) is 5.75 Å². The maximum absolute atomic E-state index is 10.1. The number of phenolic OH excluding ortho intramolecular Hbond substituents is 1. The van der Waals surface area contributed by atoms with E-state index in [-0.39, 0.29) is 0 Å². The summed E-state index contributed by atoms with van der Waals surface area (Å²) in [6.45, 7) is 6.48. The van der Waals surface area contributed by atoms with Gasteiger partial charge in [-0.3, -0.25) is 0 Å². The zero-order chi connectivity index (χ0) is 17.7. The van der Waals surface area contributed by atoms with Gasteiger partial charge in [-0.05, 0) is 81.4 Å². The Hall–Kier alpha value is -1.84. The Morgan fingerprint density at radius 2 is 1.76 bits per heavy atom. The topological polar surface area (TPSA) is 20.2 Å². The normalized spacial score (nSPS) is 11.5. The molecule has 3 heteroatoms. The number of thiophene rings is 1. The van der Waals surface area contributed by atoms with Crippen LogP contribution in [0.25, 0.3) is 32.0 Å². The van der Waals surface area contributed by atoms with Crippen LogP contribution in [0.4, 0.5) is 0 Å². The van der Waals surface area contributed by atoms with Crippen LogP contribution in [0.1, 0.15) is 22.9 Å². The first-order valence-electron chi connectivity index (χ1n) is 8.45. The summed E-state index contributed by atoms with van der Waals surface area (Å²) in [6.07, 6.45) is 0.818. The highest BCUT2D eigenvalue weighted by atomic mass is 79.9. The van der Waals surface area contributed by atoms with Crippen molar-refractivity contribution in [3.63, 3.8) is 0 Å². The smallest absolute Gasteiger partial charge is 0.118 e. The number of aromatic hydroxyl groups is 1. The molecule has 1 aromatic heterocycles. The van der Waals surface area contributed by atoms with E-state index < -0.39 is 0 Å². The summed E-state index contributed by atoms with van der Waals surface area (Å²) in [5.74, 6) is 0.377. The predicted octanol–water partition coefficient (Wildman–Crippen LogP) is 7.37. The van der Waals surface area contributed by atoms with Gasteiger partial charge >= 0.3 is 0 Å². The number of aryl methyl sites for hydroxylation is 3. The highest BCUT2D eigenvalue weighted by Crippen LogP contribution is 2.47. The van der Waals surface area contributed by atoms with Crippen LogP contribution in [0.3, 0.4) is 0 Å². The minimum absolute atomic E-state index is 0.377. The SMILES string of the molecule is CCc1cc(-c2c3ccccc3c(Br)c3sc(C)c(C)c23)ccc1O. The average molecular weight is 411 g/mol. The lowest BCUT2D eigenvalue weighted by Gasteiger charge is -2.14. The standard InChI is InChI=1S/C22H19BrOS/c1-4-14-11-15(9-10-18(14)24)20-16-7-5-6-8-17(16)21(23)22-19(20)12(2)13(3)25-22/h5-11,24H,4H2,1-3H3. The molecule has 1 N–H and O–H groups in total. The van der Waals surface area contributed by atoms with Gasteiger partial charge in [-0.1, -0.05) is 37.3 Å². The van der Waals surface area contributed by atoms with E-state index in [0.717, 1.165) is 12.0 Å². The molecule has 1 heterocycles. The third kappa shape index (κ3) is 2.49. The Morgan fingerprint density at radius 3 is 2.48 bits per heavy atom. The zero-order valence-electron chi connectivity index (χ0n) is 14.5. The lowest BCUT2D eigenvalue weighted by molar-refractivity contribution is 0.469. The second-order valence-electron chi connectivity index (χ2n) is 6.42. The van der Waals surface area contributed by atoms with Crippen molar-refractivity contribution in [2.24, 2.45) is 0 Å². The van der Waals surface area contributed by atoms with Gasteiger partial charge in [0, 0.05) is 14.7 Å². The number of phenols is 1. The van der Waals surface area contributed by atoms with E-state index in [4.69, 9.17) is 0 Å².